The van der Waals surface area contributed by atoms with Gasteiger partial charge in [0, 0.05) is 5.02 Å². The Hall–Kier alpha value is -2.38. The molecule has 2 amide bonds. The van der Waals surface area contributed by atoms with Gasteiger partial charge in [0.25, 0.3) is 11.8 Å². The molecule has 0 atom stereocenters. The molecule has 2 rings (SSSR count). The molecule has 0 aliphatic rings. The maximum Gasteiger partial charge on any atom is 0.342 e. The molecule has 0 bridgehead atoms. The summed E-state index contributed by atoms with van der Waals surface area (Å²) in [6, 6.07) is 7.09. The number of benzene rings is 1. The van der Waals surface area contributed by atoms with Gasteiger partial charge in [-0.25, -0.2) is 4.79 Å². The van der Waals surface area contributed by atoms with Crippen molar-refractivity contribution in [1.82, 2.24) is 5.32 Å². The molecule has 0 aliphatic heterocycles. The SMILES string of the molecule is O=C(COC(=O)c1cc(Cl)ccc1O)NC(=O)c1cccs1. The molecule has 0 aliphatic carbocycles. The van der Waals surface area contributed by atoms with Gasteiger partial charge in [0.1, 0.15) is 11.3 Å². The third kappa shape index (κ3) is 4.06. The zero-order valence-corrected chi connectivity index (χ0v) is 12.6. The molecule has 1 heterocycles. The molecule has 2 N–H and O–H groups in total. The van der Waals surface area contributed by atoms with Crippen molar-refractivity contribution >= 4 is 40.7 Å². The molecule has 0 fully saturated rings. The molecule has 0 unspecified atom stereocenters. The van der Waals surface area contributed by atoms with Gasteiger partial charge >= 0.3 is 5.97 Å². The van der Waals surface area contributed by atoms with E-state index in [1.807, 2.05) is 0 Å². The fourth-order valence-corrected chi connectivity index (χ4v) is 2.30. The number of imide groups is 1. The molecule has 22 heavy (non-hydrogen) atoms. The smallest absolute Gasteiger partial charge is 0.342 e. The standard InChI is InChI=1S/C14H10ClNO5S/c15-8-3-4-10(17)9(6-8)14(20)21-7-12(18)16-13(19)11-2-1-5-22-11/h1-6,17H,7H2,(H,16,18,19). The number of hydrogen-bond acceptors (Lipinski definition) is 6. The van der Waals surface area contributed by atoms with Gasteiger partial charge in [0.05, 0.1) is 4.88 Å². The van der Waals surface area contributed by atoms with E-state index in [0.717, 1.165) is 0 Å². The molecule has 1 aromatic carbocycles. The molecule has 1 aromatic heterocycles. The molecule has 0 radical (unpaired) electrons. The Balaban J connectivity index is 1.89. The lowest BCUT2D eigenvalue weighted by Gasteiger charge is -2.06. The second kappa shape index (κ2) is 7.06. The number of ether oxygens (including phenoxy) is 1. The van der Waals surface area contributed by atoms with Crippen LogP contribution in [0, 0.1) is 0 Å². The van der Waals surface area contributed by atoms with Crippen molar-refractivity contribution in [3.8, 4) is 5.75 Å². The van der Waals surface area contributed by atoms with Crippen molar-refractivity contribution in [3.05, 3.63) is 51.2 Å². The average Bonchev–Trinajstić information content (AvgIpc) is 3.01. The van der Waals surface area contributed by atoms with Crippen LogP contribution in [-0.2, 0) is 9.53 Å². The second-order valence-corrected chi connectivity index (χ2v) is 5.48. The first-order valence-corrected chi connectivity index (χ1v) is 7.26. The summed E-state index contributed by atoms with van der Waals surface area (Å²) >= 11 is 6.89. The van der Waals surface area contributed by atoms with E-state index in [-0.39, 0.29) is 16.3 Å². The van der Waals surface area contributed by atoms with E-state index in [2.05, 4.69) is 5.32 Å². The van der Waals surface area contributed by atoms with Crippen LogP contribution in [0.2, 0.25) is 5.02 Å². The highest BCUT2D eigenvalue weighted by Crippen LogP contribution is 2.22. The number of hydrogen-bond donors (Lipinski definition) is 2. The maximum absolute atomic E-state index is 11.7. The molecular formula is C14H10ClNO5S. The van der Waals surface area contributed by atoms with Crippen molar-refractivity contribution in [2.45, 2.75) is 0 Å². The van der Waals surface area contributed by atoms with Gasteiger partial charge in [0.2, 0.25) is 0 Å². The molecule has 114 valence electrons. The van der Waals surface area contributed by atoms with Crippen LogP contribution < -0.4 is 5.32 Å². The van der Waals surface area contributed by atoms with Gasteiger partial charge in [-0.15, -0.1) is 11.3 Å². The number of amides is 2. The second-order valence-electron chi connectivity index (χ2n) is 4.09. The molecule has 0 spiro atoms. The lowest BCUT2D eigenvalue weighted by molar-refractivity contribution is -0.123. The Labute approximate surface area is 134 Å². The van der Waals surface area contributed by atoms with E-state index in [1.54, 1.807) is 17.5 Å². The normalized spacial score (nSPS) is 10.0. The van der Waals surface area contributed by atoms with Crippen LogP contribution in [0.15, 0.2) is 35.7 Å². The number of esters is 1. The van der Waals surface area contributed by atoms with Crippen molar-refractivity contribution in [2.24, 2.45) is 0 Å². The minimum Gasteiger partial charge on any atom is -0.507 e. The van der Waals surface area contributed by atoms with Crippen LogP contribution in [0.5, 0.6) is 5.75 Å². The van der Waals surface area contributed by atoms with E-state index >= 15 is 0 Å². The Morgan fingerprint density at radius 2 is 2.05 bits per heavy atom. The quantitative estimate of drug-likeness (QED) is 0.833. The van der Waals surface area contributed by atoms with Gasteiger partial charge in [-0.3, -0.25) is 14.9 Å². The van der Waals surface area contributed by atoms with E-state index in [9.17, 15) is 19.5 Å². The average molecular weight is 340 g/mol. The predicted octanol–water partition coefficient (Wildman–Crippen LogP) is 2.22. The number of phenolic OH excluding ortho intramolecular Hbond substituents is 1. The first-order chi connectivity index (χ1) is 10.5. The summed E-state index contributed by atoms with van der Waals surface area (Å²) in [7, 11) is 0. The number of thiophene rings is 1. The monoisotopic (exact) mass is 339 g/mol. The maximum atomic E-state index is 11.7. The Bertz CT molecular complexity index is 714. The number of phenols is 1. The highest BCUT2D eigenvalue weighted by molar-refractivity contribution is 7.12. The van der Waals surface area contributed by atoms with E-state index in [4.69, 9.17) is 16.3 Å². The third-order valence-corrected chi connectivity index (χ3v) is 3.61. The topological polar surface area (TPSA) is 92.7 Å². The van der Waals surface area contributed by atoms with Gasteiger partial charge in [-0.2, -0.15) is 0 Å². The number of nitrogens with one attached hydrogen (secondary N) is 1. The summed E-state index contributed by atoms with van der Waals surface area (Å²) in [5.74, 6) is -2.57. The Morgan fingerprint density at radius 3 is 2.73 bits per heavy atom. The number of aromatic hydroxyl groups is 1. The lowest BCUT2D eigenvalue weighted by Crippen LogP contribution is -2.33. The van der Waals surface area contributed by atoms with Crippen molar-refractivity contribution in [3.63, 3.8) is 0 Å². The Morgan fingerprint density at radius 1 is 1.27 bits per heavy atom. The van der Waals surface area contributed by atoms with Crippen molar-refractivity contribution < 1.29 is 24.2 Å². The van der Waals surface area contributed by atoms with Crippen LogP contribution in [0.3, 0.4) is 0 Å². The summed E-state index contributed by atoms with van der Waals surface area (Å²) in [6.45, 7) is -0.651. The van der Waals surface area contributed by atoms with Crippen LogP contribution in [0.4, 0.5) is 0 Å². The minimum absolute atomic E-state index is 0.162. The fourth-order valence-electron chi connectivity index (χ4n) is 1.51. The molecular weight excluding hydrogens is 330 g/mol. The lowest BCUT2D eigenvalue weighted by atomic mass is 10.2. The minimum atomic E-state index is -0.918. The first kappa shape index (κ1) is 16.0. The summed E-state index contributed by atoms with van der Waals surface area (Å²) in [5, 5.41) is 13.5. The summed E-state index contributed by atoms with van der Waals surface area (Å²) < 4.78 is 4.73. The third-order valence-electron chi connectivity index (χ3n) is 2.51. The van der Waals surface area contributed by atoms with Crippen LogP contribution in [0.1, 0.15) is 20.0 Å². The summed E-state index contributed by atoms with van der Waals surface area (Å²) in [4.78, 5) is 35.3. The van der Waals surface area contributed by atoms with Crippen LogP contribution in [-0.4, -0.2) is 29.5 Å². The van der Waals surface area contributed by atoms with Gasteiger partial charge in [0.15, 0.2) is 6.61 Å². The highest BCUT2D eigenvalue weighted by atomic mass is 35.5. The highest BCUT2D eigenvalue weighted by Gasteiger charge is 2.16. The number of halogens is 1. The molecule has 0 saturated carbocycles. The summed E-state index contributed by atoms with van der Waals surface area (Å²) in [5.41, 5.74) is -0.162. The largest absolute Gasteiger partial charge is 0.507 e. The van der Waals surface area contributed by atoms with E-state index < -0.39 is 24.4 Å². The van der Waals surface area contributed by atoms with Crippen molar-refractivity contribution in [1.29, 1.82) is 0 Å². The number of carbonyl (C=O) groups excluding carboxylic acids is 3. The fraction of sp³-hybridized carbons (Fsp3) is 0.0714. The van der Waals surface area contributed by atoms with Gasteiger partial charge in [-0.1, -0.05) is 17.7 Å². The van der Waals surface area contributed by atoms with Crippen LogP contribution >= 0.6 is 22.9 Å². The molecule has 8 heteroatoms. The molecule has 0 saturated heterocycles. The van der Waals surface area contributed by atoms with Crippen molar-refractivity contribution in [2.75, 3.05) is 6.61 Å². The first-order valence-electron chi connectivity index (χ1n) is 6.00. The van der Waals surface area contributed by atoms with Gasteiger partial charge < -0.3 is 9.84 Å². The molecule has 2 aromatic rings. The zero-order valence-electron chi connectivity index (χ0n) is 11.0. The molecule has 6 nitrogen and oxygen atoms in total. The predicted molar refractivity (Wildman–Crippen MR) is 80.2 cm³/mol. The van der Waals surface area contributed by atoms with E-state index in [0.29, 0.717) is 4.88 Å². The van der Waals surface area contributed by atoms with E-state index in [1.165, 1.54) is 29.5 Å². The Kier molecular flexibility index (Phi) is 5.13. The number of carbonyl (C=O) groups is 3. The van der Waals surface area contributed by atoms with Crippen LogP contribution in [0.25, 0.3) is 0 Å². The number of rotatable bonds is 4. The van der Waals surface area contributed by atoms with Gasteiger partial charge in [-0.05, 0) is 29.6 Å². The zero-order chi connectivity index (χ0) is 16.1. The summed E-state index contributed by atoms with van der Waals surface area (Å²) in [6.07, 6.45) is 0.